The Bertz CT molecular complexity index is 606. The molecule has 1 aliphatic rings. The highest BCUT2D eigenvalue weighted by molar-refractivity contribution is 8.04. The van der Waals surface area contributed by atoms with Gasteiger partial charge in [-0.05, 0) is 12.1 Å². The first-order chi connectivity index (χ1) is 9.70. The maximum Gasteiger partial charge on any atom is 0.332 e. The molecule has 1 aromatic rings. The van der Waals surface area contributed by atoms with Crippen LogP contribution in [-0.4, -0.2) is 18.0 Å². The first kappa shape index (κ1) is 14.1. The summed E-state index contributed by atoms with van der Waals surface area (Å²) >= 11 is 1.43. The smallest absolute Gasteiger partial charge is 0.332 e. The van der Waals surface area contributed by atoms with Gasteiger partial charge < -0.3 is 5.73 Å². The molecular formula is C14H13N3O2S. The number of rotatable bonds is 4. The first-order valence-electron chi connectivity index (χ1n) is 5.92. The van der Waals surface area contributed by atoms with E-state index < -0.39 is 6.03 Å². The van der Waals surface area contributed by atoms with E-state index in [0.29, 0.717) is 17.7 Å². The van der Waals surface area contributed by atoms with Crippen molar-refractivity contribution in [3.8, 4) is 0 Å². The molecule has 0 saturated carbocycles. The quantitative estimate of drug-likeness (QED) is 0.657. The predicted octanol–water partition coefficient (Wildman–Crippen LogP) is 2.22. The molecule has 0 bridgehead atoms. The van der Waals surface area contributed by atoms with Crippen molar-refractivity contribution in [2.75, 3.05) is 0 Å². The number of thioether (sulfide) groups is 1. The molecule has 0 atom stereocenters. The Kier molecular flexibility index (Phi) is 4.73. The third-order valence-corrected chi connectivity index (χ3v) is 3.71. The average molecular weight is 287 g/mol. The maximum atomic E-state index is 11.2. The lowest BCUT2D eigenvalue weighted by Gasteiger charge is -2.14. The fraction of sp³-hybridized carbons (Fsp3) is 0.0714. The van der Waals surface area contributed by atoms with E-state index in [2.05, 4.69) is 10.5 Å². The molecule has 0 unspecified atom stereocenters. The summed E-state index contributed by atoms with van der Waals surface area (Å²) in [5, 5.41) is 3.96. The molecular weight excluding hydrogens is 274 g/mol. The Morgan fingerprint density at radius 1 is 1.35 bits per heavy atom. The zero-order valence-corrected chi connectivity index (χ0v) is 11.4. The molecule has 0 spiro atoms. The van der Waals surface area contributed by atoms with Crippen LogP contribution in [0.3, 0.4) is 0 Å². The van der Waals surface area contributed by atoms with Crippen molar-refractivity contribution in [3.05, 3.63) is 53.0 Å². The van der Waals surface area contributed by atoms with Crippen LogP contribution in [0.2, 0.25) is 0 Å². The normalized spacial score (nSPS) is 16.3. The topological polar surface area (TPSA) is 84.6 Å². The van der Waals surface area contributed by atoms with Crippen molar-refractivity contribution >= 4 is 29.8 Å². The highest BCUT2D eigenvalue weighted by atomic mass is 32.2. The summed E-state index contributed by atoms with van der Waals surface area (Å²) in [5.74, 6) is 0. The Hall–Kier alpha value is -2.34. The summed E-state index contributed by atoms with van der Waals surface area (Å²) in [6, 6.07) is 8.91. The van der Waals surface area contributed by atoms with Gasteiger partial charge in [0.2, 0.25) is 0 Å². The van der Waals surface area contributed by atoms with Gasteiger partial charge in [-0.15, -0.1) is 0 Å². The summed E-state index contributed by atoms with van der Waals surface area (Å²) in [6.45, 7) is 0. The van der Waals surface area contributed by atoms with E-state index in [1.807, 2.05) is 36.4 Å². The molecule has 2 rings (SSSR count). The van der Waals surface area contributed by atoms with Crippen molar-refractivity contribution in [2.24, 2.45) is 10.8 Å². The lowest BCUT2D eigenvalue weighted by molar-refractivity contribution is -0.104. The molecule has 0 heterocycles. The summed E-state index contributed by atoms with van der Waals surface area (Å²) in [4.78, 5) is 23.6. The van der Waals surface area contributed by atoms with Gasteiger partial charge in [0.05, 0.1) is 5.71 Å². The number of aldehydes is 1. The Labute approximate surface area is 120 Å². The molecule has 0 saturated heterocycles. The number of carbonyl (C=O) groups is 2. The van der Waals surface area contributed by atoms with E-state index in [4.69, 9.17) is 5.73 Å². The Balaban J connectivity index is 2.32. The molecule has 0 fully saturated rings. The van der Waals surface area contributed by atoms with Crippen LogP contribution in [0.25, 0.3) is 0 Å². The van der Waals surface area contributed by atoms with Gasteiger partial charge in [0.25, 0.3) is 0 Å². The van der Waals surface area contributed by atoms with Crippen LogP contribution >= 0.6 is 11.8 Å². The number of hydrazone groups is 1. The largest absolute Gasteiger partial charge is 0.350 e. The van der Waals surface area contributed by atoms with Gasteiger partial charge in [0.15, 0.2) is 6.29 Å². The van der Waals surface area contributed by atoms with Crippen molar-refractivity contribution in [1.82, 2.24) is 5.43 Å². The molecule has 1 aromatic carbocycles. The van der Waals surface area contributed by atoms with Gasteiger partial charge in [-0.1, -0.05) is 42.1 Å². The number of primary amides is 1. The highest BCUT2D eigenvalue weighted by Gasteiger charge is 2.16. The predicted molar refractivity (Wildman–Crippen MR) is 79.3 cm³/mol. The van der Waals surface area contributed by atoms with E-state index >= 15 is 0 Å². The lowest BCUT2D eigenvalue weighted by atomic mass is 10.1. The highest BCUT2D eigenvalue weighted by Crippen LogP contribution is 2.32. The van der Waals surface area contributed by atoms with Gasteiger partial charge in [0.1, 0.15) is 0 Å². The first-order valence-corrected chi connectivity index (χ1v) is 6.73. The summed E-state index contributed by atoms with van der Waals surface area (Å²) in [5.41, 5.74) is 8.36. The van der Waals surface area contributed by atoms with E-state index in [-0.39, 0.29) is 0 Å². The number of carbonyl (C=O) groups excluding carboxylic acids is 2. The molecule has 6 heteroatoms. The standard InChI is InChI=1S/C14H13N3O2S/c15-14(19)17-16-12-8-4-5-10(9-18)13(12)20-11-6-2-1-3-7-11/h1-7,9H,8H2,(H3,15,17,19). The van der Waals surface area contributed by atoms with E-state index in [1.54, 1.807) is 6.08 Å². The number of nitrogens with one attached hydrogen (secondary N) is 1. The third-order valence-electron chi connectivity index (χ3n) is 2.52. The average Bonchev–Trinajstić information content (AvgIpc) is 2.47. The monoisotopic (exact) mass is 287 g/mol. The van der Waals surface area contributed by atoms with Gasteiger partial charge in [0, 0.05) is 21.8 Å². The number of hydrogen-bond acceptors (Lipinski definition) is 4. The third kappa shape index (κ3) is 3.58. The molecule has 3 N–H and O–H groups in total. The minimum atomic E-state index is -0.733. The molecule has 0 aromatic heterocycles. The van der Waals surface area contributed by atoms with Gasteiger partial charge in [-0.3, -0.25) is 4.79 Å². The molecule has 0 radical (unpaired) electrons. The van der Waals surface area contributed by atoms with Crippen LogP contribution in [0, 0.1) is 0 Å². The minimum absolute atomic E-state index is 0.535. The second kappa shape index (κ2) is 6.72. The van der Waals surface area contributed by atoms with Gasteiger partial charge >= 0.3 is 6.03 Å². The van der Waals surface area contributed by atoms with Gasteiger partial charge in [-0.25, -0.2) is 10.2 Å². The van der Waals surface area contributed by atoms with Crippen molar-refractivity contribution in [1.29, 1.82) is 0 Å². The Morgan fingerprint density at radius 2 is 2.10 bits per heavy atom. The number of hydrogen-bond donors (Lipinski definition) is 2. The van der Waals surface area contributed by atoms with Crippen LogP contribution in [-0.2, 0) is 4.79 Å². The molecule has 0 aliphatic heterocycles. The molecule has 102 valence electrons. The maximum absolute atomic E-state index is 11.2. The van der Waals surface area contributed by atoms with E-state index in [9.17, 15) is 9.59 Å². The van der Waals surface area contributed by atoms with Crippen molar-refractivity contribution in [2.45, 2.75) is 11.3 Å². The lowest BCUT2D eigenvalue weighted by Crippen LogP contribution is -2.26. The van der Waals surface area contributed by atoms with E-state index in [0.717, 1.165) is 16.1 Å². The van der Waals surface area contributed by atoms with Crippen LogP contribution in [0.5, 0.6) is 0 Å². The number of amides is 2. The van der Waals surface area contributed by atoms with Gasteiger partial charge in [-0.2, -0.15) is 5.10 Å². The second-order valence-corrected chi connectivity index (χ2v) is 5.04. The van der Waals surface area contributed by atoms with Crippen molar-refractivity contribution < 1.29 is 9.59 Å². The zero-order valence-electron chi connectivity index (χ0n) is 10.6. The van der Waals surface area contributed by atoms with Crippen LogP contribution in [0.15, 0.2) is 63.0 Å². The van der Waals surface area contributed by atoms with E-state index in [1.165, 1.54) is 11.8 Å². The zero-order chi connectivity index (χ0) is 14.4. The van der Waals surface area contributed by atoms with Crippen molar-refractivity contribution in [3.63, 3.8) is 0 Å². The summed E-state index contributed by atoms with van der Waals surface area (Å²) < 4.78 is 0. The number of allylic oxidation sites excluding steroid dienone is 4. The SMILES string of the molecule is NC(=O)NN=C1CC=CC(C=O)=C1Sc1ccccc1. The molecule has 20 heavy (non-hydrogen) atoms. The second-order valence-electron chi connectivity index (χ2n) is 3.96. The summed E-state index contributed by atoms with van der Waals surface area (Å²) in [6.07, 6.45) is 4.88. The molecule has 1 aliphatic carbocycles. The van der Waals surface area contributed by atoms with Crippen LogP contribution in [0.1, 0.15) is 6.42 Å². The molecule has 5 nitrogen and oxygen atoms in total. The minimum Gasteiger partial charge on any atom is -0.350 e. The van der Waals surface area contributed by atoms with Crippen LogP contribution in [0.4, 0.5) is 4.79 Å². The number of urea groups is 1. The molecule has 2 amide bonds. The fourth-order valence-corrected chi connectivity index (χ4v) is 2.68. The number of nitrogens with zero attached hydrogens (tertiary/aromatic N) is 1. The number of nitrogens with two attached hydrogens (primary N) is 1. The number of benzene rings is 1. The fourth-order valence-electron chi connectivity index (χ4n) is 1.67. The van der Waals surface area contributed by atoms with Crippen LogP contribution < -0.4 is 11.2 Å². The summed E-state index contributed by atoms with van der Waals surface area (Å²) in [7, 11) is 0. The Morgan fingerprint density at radius 3 is 2.75 bits per heavy atom.